The van der Waals surface area contributed by atoms with Gasteiger partial charge in [-0.2, -0.15) is 0 Å². The Bertz CT molecular complexity index is 588. The molecule has 1 N–H and O–H groups in total. The third kappa shape index (κ3) is 3.54. The topological polar surface area (TPSA) is 46.2 Å². The van der Waals surface area contributed by atoms with Crippen LogP contribution in [0.15, 0.2) is 54.6 Å². The summed E-state index contributed by atoms with van der Waals surface area (Å²) in [5.74, 6) is -0.0216. The number of anilines is 1. The summed E-state index contributed by atoms with van der Waals surface area (Å²) in [4.78, 5) is 23.7. The van der Waals surface area contributed by atoms with Crippen molar-refractivity contribution in [1.82, 2.24) is 0 Å². The van der Waals surface area contributed by atoms with Crippen molar-refractivity contribution in [3.8, 4) is 0 Å². The number of hydrogen-bond donors (Lipinski definition) is 1. The Kier molecular flexibility index (Phi) is 4.66. The molecule has 0 radical (unpaired) electrons. The van der Waals surface area contributed by atoms with Gasteiger partial charge < -0.3 is 5.32 Å². The molecule has 0 spiro atoms. The van der Waals surface area contributed by atoms with Gasteiger partial charge in [0.1, 0.15) is 0 Å². The molecular weight excluding hydrogens is 250 g/mol. The van der Waals surface area contributed by atoms with Crippen molar-refractivity contribution < 1.29 is 9.59 Å². The third-order valence-electron chi connectivity index (χ3n) is 2.98. The Morgan fingerprint density at radius 2 is 1.55 bits per heavy atom. The maximum Gasteiger partial charge on any atom is 0.255 e. The summed E-state index contributed by atoms with van der Waals surface area (Å²) in [6.07, 6.45) is 1.39. The summed E-state index contributed by atoms with van der Waals surface area (Å²) in [5, 5.41) is 2.81. The van der Waals surface area contributed by atoms with Crippen LogP contribution in [0.1, 0.15) is 40.5 Å². The van der Waals surface area contributed by atoms with Gasteiger partial charge in [0, 0.05) is 23.2 Å². The molecule has 20 heavy (non-hydrogen) atoms. The molecule has 102 valence electrons. The standard InChI is InChI=1S/C17H17NO2/c1-2-6-16(19)13-9-11-15(12-10-13)18-17(20)14-7-4-3-5-8-14/h3-5,7-12H,2,6H2,1H3,(H,18,20). The first-order chi connectivity index (χ1) is 9.70. The van der Waals surface area contributed by atoms with Gasteiger partial charge in [-0.25, -0.2) is 0 Å². The van der Waals surface area contributed by atoms with Gasteiger partial charge in [-0.05, 0) is 42.8 Å². The van der Waals surface area contributed by atoms with Gasteiger partial charge in [0.2, 0.25) is 0 Å². The number of benzene rings is 2. The highest BCUT2D eigenvalue weighted by atomic mass is 16.1. The third-order valence-corrected chi connectivity index (χ3v) is 2.98. The van der Waals surface area contributed by atoms with Gasteiger partial charge in [0.05, 0.1) is 0 Å². The normalized spacial score (nSPS) is 10.1. The Labute approximate surface area is 118 Å². The molecule has 0 aliphatic carbocycles. The fourth-order valence-electron chi connectivity index (χ4n) is 1.90. The molecule has 0 aliphatic heterocycles. The molecule has 3 nitrogen and oxygen atoms in total. The molecule has 0 saturated heterocycles. The fourth-order valence-corrected chi connectivity index (χ4v) is 1.90. The van der Waals surface area contributed by atoms with E-state index in [1.807, 2.05) is 25.1 Å². The number of amides is 1. The zero-order valence-corrected chi connectivity index (χ0v) is 11.4. The highest BCUT2D eigenvalue weighted by Crippen LogP contribution is 2.13. The molecule has 0 unspecified atom stereocenters. The van der Waals surface area contributed by atoms with E-state index in [1.54, 1.807) is 36.4 Å². The van der Waals surface area contributed by atoms with Crippen LogP contribution in [0.4, 0.5) is 5.69 Å². The quantitative estimate of drug-likeness (QED) is 0.834. The van der Waals surface area contributed by atoms with Crippen LogP contribution in [0.3, 0.4) is 0 Å². The van der Waals surface area contributed by atoms with Crippen LogP contribution in [0.5, 0.6) is 0 Å². The highest BCUT2D eigenvalue weighted by Gasteiger charge is 2.07. The minimum Gasteiger partial charge on any atom is -0.322 e. The Hall–Kier alpha value is -2.42. The van der Waals surface area contributed by atoms with Gasteiger partial charge in [-0.1, -0.05) is 25.1 Å². The molecule has 2 aromatic rings. The SMILES string of the molecule is CCCC(=O)c1ccc(NC(=O)c2ccccc2)cc1. The summed E-state index contributed by atoms with van der Waals surface area (Å²) in [6.45, 7) is 1.98. The van der Waals surface area contributed by atoms with Crippen LogP contribution in [-0.2, 0) is 0 Å². The number of ketones is 1. The lowest BCUT2D eigenvalue weighted by Crippen LogP contribution is -2.11. The molecular formula is C17H17NO2. The van der Waals surface area contributed by atoms with E-state index in [9.17, 15) is 9.59 Å². The van der Waals surface area contributed by atoms with Gasteiger partial charge in [-0.15, -0.1) is 0 Å². The van der Waals surface area contributed by atoms with Gasteiger partial charge >= 0.3 is 0 Å². The first-order valence-corrected chi connectivity index (χ1v) is 6.70. The minimum atomic E-state index is -0.154. The van der Waals surface area contributed by atoms with E-state index in [4.69, 9.17) is 0 Å². The largest absolute Gasteiger partial charge is 0.322 e. The average molecular weight is 267 g/mol. The van der Waals surface area contributed by atoms with Crippen LogP contribution in [0, 0.1) is 0 Å². The maximum absolute atomic E-state index is 12.0. The average Bonchev–Trinajstić information content (AvgIpc) is 2.49. The van der Waals surface area contributed by atoms with Gasteiger partial charge in [-0.3, -0.25) is 9.59 Å². The van der Waals surface area contributed by atoms with E-state index in [0.717, 1.165) is 6.42 Å². The van der Waals surface area contributed by atoms with Crippen LogP contribution in [0.25, 0.3) is 0 Å². The second kappa shape index (κ2) is 6.66. The van der Waals surface area contributed by atoms with Crippen LogP contribution >= 0.6 is 0 Å². The fraction of sp³-hybridized carbons (Fsp3) is 0.176. The molecule has 0 aromatic heterocycles. The van der Waals surface area contributed by atoms with Crippen molar-refractivity contribution >= 4 is 17.4 Å². The summed E-state index contributed by atoms with van der Waals surface area (Å²) in [7, 11) is 0. The lowest BCUT2D eigenvalue weighted by Gasteiger charge is -2.06. The first-order valence-electron chi connectivity index (χ1n) is 6.70. The lowest BCUT2D eigenvalue weighted by molar-refractivity contribution is 0.0980. The molecule has 0 heterocycles. The second-order valence-corrected chi connectivity index (χ2v) is 4.57. The molecule has 0 saturated carbocycles. The van der Waals surface area contributed by atoms with Crippen molar-refractivity contribution in [3.05, 3.63) is 65.7 Å². The molecule has 2 rings (SSSR count). The van der Waals surface area contributed by atoms with E-state index < -0.39 is 0 Å². The monoisotopic (exact) mass is 267 g/mol. The molecule has 3 heteroatoms. The highest BCUT2D eigenvalue weighted by molar-refractivity contribution is 6.04. The van der Waals surface area contributed by atoms with Crippen molar-refractivity contribution in [3.63, 3.8) is 0 Å². The number of Topliss-reactive ketones (excluding diaryl/α,β-unsaturated/α-hetero) is 1. The summed E-state index contributed by atoms with van der Waals surface area (Å²) in [5.41, 5.74) is 1.98. The number of hydrogen-bond acceptors (Lipinski definition) is 2. The van der Waals surface area contributed by atoms with Crippen LogP contribution in [0.2, 0.25) is 0 Å². The predicted molar refractivity (Wildman–Crippen MR) is 80.1 cm³/mol. The minimum absolute atomic E-state index is 0.133. The van der Waals surface area contributed by atoms with E-state index in [0.29, 0.717) is 23.2 Å². The molecule has 1 amide bonds. The van der Waals surface area contributed by atoms with Gasteiger partial charge in [0.25, 0.3) is 5.91 Å². The van der Waals surface area contributed by atoms with Crippen LogP contribution < -0.4 is 5.32 Å². The molecule has 0 bridgehead atoms. The Morgan fingerprint density at radius 3 is 2.15 bits per heavy atom. The second-order valence-electron chi connectivity index (χ2n) is 4.57. The van der Waals surface area contributed by atoms with Crippen molar-refractivity contribution in [1.29, 1.82) is 0 Å². The zero-order chi connectivity index (χ0) is 14.4. The lowest BCUT2D eigenvalue weighted by atomic mass is 10.1. The molecule has 0 fully saturated rings. The van der Waals surface area contributed by atoms with E-state index in [2.05, 4.69) is 5.32 Å². The van der Waals surface area contributed by atoms with E-state index in [1.165, 1.54) is 0 Å². The summed E-state index contributed by atoms with van der Waals surface area (Å²) >= 11 is 0. The molecule has 0 aliphatic rings. The predicted octanol–water partition coefficient (Wildman–Crippen LogP) is 3.92. The van der Waals surface area contributed by atoms with E-state index >= 15 is 0 Å². The number of rotatable bonds is 5. The Balaban J connectivity index is 2.04. The van der Waals surface area contributed by atoms with E-state index in [-0.39, 0.29) is 11.7 Å². The molecule has 2 aromatic carbocycles. The van der Waals surface area contributed by atoms with Crippen molar-refractivity contribution in [2.75, 3.05) is 5.32 Å². The van der Waals surface area contributed by atoms with Crippen LogP contribution in [-0.4, -0.2) is 11.7 Å². The molecule has 0 atom stereocenters. The number of carbonyl (C=O) groups excluding carboxylic acids is 2. The summed E-state index contributed by atoms with van der Waals surface area (Å²) in [6, 6.07) is 16.0. The number of carbonyl (C=O) groups is 2. The maximum atomic E-state index is 12.0. The van der Waals surface area contributed by atoms with Crippen molar-refractivity contribution in [2.24, 2.45) is 0 Å². The number of nitrogens with one attached hydrogen (secondary N) is 1. The zero-order valence-electron chi connectivity index (χ0n) is 11.4. The smallest absolute Gasteiger partial charge is 0.255 e. The van der Waals surface area contributed by atoms with Gasteiger partial charge in [0.15, 0.2) is 5.78 Å². The first kappa shape index (κ1) is 14.0. The Morgan fingerprint density at radius 1 is 0.900 bits per heavy atom. The summed E-state index contributed by atoms with van der Waals surface area (Å²) < 4.78 is 0. The van der Waals surface area contributed by atoms with Crippen molar-refractivity contribution in [2.45, 2.75) is 19.8 Å².